The summed E-state index contributed by atoms with van der Waals surface area (Å²) in [6.45, 7) is 0. The predicted molar refractivity (Wildman–Crippen MR) is 86.2 cm³/mol. The van der Waals surface area contributed by atoms with Crippen LogP contribution in [0.25, 0.3) is 0 Å². The Hall–Kier alpha value is -2.26. The number of aliphatic carboxylic acids is 1. The molecule has 4 rings (SSSR count). The van der Waals surface area contributed by atoms with Gasteiger partial charge in [0.05, 0.1) is 18.1 Å². The van der Waals surface area contributed by atoms with E-state index in [1.807, 2.05) is 0 Å². The van der Waals surface area contributed by atoms with Gasteiger partial charge in [0.1, 0.15) is 5.25 Å². The van der Waals surface area contributed by atoms with Crippen molar-refractivity contribution in [3.05, 3.63) is 38.3 Å². The number of carboxylic acid groups (broad SMARTS) is 1. The molecule has 24 heavy (non-hydrogen) atoms. The molecule has 2 N–H and O–H groups in total. The van der Waals surface area contributed by atoms with Gasteiger partial charge in [0.25, 0.3) is 0 Å². The Morgan fingerprint density at radius 1 is 1.38 bits per heavy atom. The van der Waals surface area contributed by atoms with Gasteiger partial charge < -0.3 is 19.6 Å². The number of aromatic nitrogens is 1. The predicted octanol–water partition coefficient (Wildman–Crippen LogP) is 1.67. The standard InChI is InChI=1S/C15H11NO6S2/c1-21-6-4-2-3-5-7-8(14(19)22-9(5)6)11(13(17)18)23-12-10(7)24-15(20)16-12/h2-4,7-8,11H,1H3,(H,16,20)(H,17,18)/t7-,8-,11+/m0/s1. The van der Waals surface area contributed by atoms with E-state index in [0.29, 0.717) is 21.2 Å². The Balaban J connectivity index is 1.99. The number of rotatable bonds is 2. The number of ether oxygens (including phenoxy) is 2. The minimum absolute atomic E-state index is 0.277. The van der Waals surface area contributed by atoms with Crippen LogP contribution in [0, 0.1) is 5.92 Å². The molecule has 7 nitrogen and oxygen atoms in total. The largest absolute Gasteiger partial charge is 0.493 e. The van der Waals surface area contributed by atoms with Crippen LogP contribution >= 0.6 is 23.1 Å². The SMILES string of the molecule is COc1cccc2c1OC(=O)[C@H]1[C@H]2c2sc(=O)[nH]c2S[C@H]1C(=O)O. The molecule has 1 aromatic carbocycles. The Morgan fingerprint density at radius 3 is 2.88 bits per heavy atom. The maximum absolute atomic E-state index is 12.6. The number of H-pyrrole nitrogens is 1. The van der Waals surface area contributed by atoms with Crippen molar-refractivity contribution in [2.24, 2.45) is 5.92 Å². The summed E-state index contributed by atoms with van der Waals surface area (Å²) in [6.07, 6.45) is 0. The lowest BCUT2D eigenvalue weighted by molar-refractivity contribution is -0.147. The highest BCUT2D eigenvalue weighted by atomic mass is 32.2. The average Bonchev–Trinajstić information content (AvgIpc) is 2.93. The Labute approximate surface area is 143 Å². The van der Waals surface area contributed by atoms with Crippen LogP contribution in [-0.4, -0.2) is 34.4 Å². The van der Waals surface area contributed by atoms with E-state index < -0.39 is 29.0 Å². The van der Waals surface area contributed by atoms with Crippen LogP contribution < -0.4 is 14.3 Å². The van der Waals surface area contributed by atoms with Crippen molar-refractivity contribution >= 4 is 35.0 Å². The van der Waals surface area contributed by atoms with Crippen molar-refractivity contribution in [2.75, 3.05) is 7.11 Å². The first kappa shape index (κ1) is 15.3. The van der Waals surface area contributed by atoms with Gasteiger partial charge in [-0.1, -0.05) is 35.2 Å². The van der Waals surface area contributed by atoms with Crippen molar-refractivity contribution in [3.8, 4) is 11.5 Å². The van der Waals surface area contributed by atoms with E-state index in [1.54, 1.807) is 18.2 Å². The van der Waals surface area contributed by atoms with E-state index in [2.05, 4.69) is 4.98 Å². The number of carbonyl (C=O) groups is 2. The molecule has 0 saturated carbocycles. The number of nitrogens with one attached hydrogen (secondary N) is 1. The van der Waals surface area contributed by atoms with Crippen LogP contribution in [-0.2, 0) is 9.59 Å². The van der Waals surface area contributed by atoms with E-state index >= 15 is 0 Å². The molecule has 0 radical (unpaired) electrons. The molecule has 2 aliphatic rings. The number of esters is 1. The third kappa shape index (κ3) is 2.08. The molecule has 2 aliphatic heterocycles. The minimum Gasteiger partial charge on any atom is -0.493 e. The van der Waals surface area contributed by atoms with Gasteiger partial charge in [0.2, 0.25) is 0 Å². The van der Waals surface area contributed by atoms with Crippen LogP contribution in [0.5, 0.6) is 11.5 Å². The molecule has 2 aromatic rings. The van der Waals surface area contributed by atoms with E-state index in [1.165, 1.54) is 7.11 Å². The molecule has 0 fully saturated rings. The molecule has 9 heteroatoms. The smallest absolute Gasteiger partial charge is 0.317 e. The second kappa shape index (κ2) is 5.38. The molecule has 0 bridgehead atoms. The Morgan fingerprint density at radius 2 is 2.17 bits per heavy atom. The van der Waals surface area contributed by atoms with Gasteiger partial charge in [-0.2, -0.15) is 0 Å². The van der Waals surface area contributed by atoms with Crippen LogP contribution in [0.4, 0.5) is 0 Å². The van der Waals surface area contributed by atoms with E-state index in [-0.39, 0.29) is 10.6 Å². The first-order valence-corrected chi connectivity index (χ1v) is 8.72. The summed E-state index contributed by atoms with van der Waals surface area (Å²) in [5.74, 6) is -2.49. The van der Waals surface area contributed by atoms with Crippen LogP contribution in [0.3, 0.4) is 0 Å². The number of thiazole rings is 1. The molecule has 0 aliphatic carbocycles. The summed E-state index contributed by atoms with van der Waals surface area (Å²) in [4.78, 5) is 39.1. The van der Waals surface area contributed by atoms with Gasteiger partial charge in [-0.25, -0.2) is 0 Å². The normalized spacial score (nSPS) is 24.4. The van der Waals surface area contributed by atoms with E-state index in [0.717, 1.165) is 23.1 Å². The number of fused-ring (bicyclic) bond motifs is 5. The number of aromatic amines is 1. The lowest BCUT2D eigenvalue weighted by Crippen LogP contribution is -2.44. The lowest BCUT2D eigenvalue weighted by Gasteiger charge is -2.37. The fourth-order valence-corrected chi connectivity index (χ4v) is 5.57. The van der Waals surface area contributed by atoms with Crippen LogP contribution in [0.1, 0.15) is 16.4 Å². The molecule has 0 amide bonds. The quantitative estimate of drug-likeness (QED) is 0.616. The highest BCUT2D eigenvalue weighted by Crippen LogP contribution is 2.55. The maximum Gasteiger partial charge on any atom is 0.317 e. The summed E-state index contributed by atoms with van der Waals surface area (Å²) < 4.78 is 10.6. The minimum atomic E-state index is -1.11. The van der Waals surface area contributed by atoms with Gasteiger partial charge in [-0.05, 0) is 6.07 Å². The summed E-state index contributed by atoms with van der Waals surface area (Å²) in [6, 6.07) is 5.19. The van der Waals surface area contributed by atoms with Crippen LogP contribution in [0.2, 0.25) is 0 Å². The van der Waals surface area contributed by atoms with Gasteiger partial charge in [-0.15, -0.1) is 0 Å². The summed E-state index contributed by atoms with van der Waals surface area (Å²) in [5.41, 5.74) is 0.655. The molecular formula is C15H11NO6S2. The Kier molecular flexibility index (Phi) is 3.43. The number of benzene rings is 1. The summed E-state index contributed by atoms with van der Waals surface area (Å²) in [7, 11) is 1.46. The molecule has 0 spiro atoms. The zero-order valence-electron chi connectivity index (χ0n) is 12.3. The second-order valence-electron chi connectivity index (χ2n) is 5.39. The fraction of sp³-hybridized carbons (Fsp3) is 0.267. The number of hydrogen-bond acceptors (Lipinski definition) is 7. The summed E-state index contributed by atoms with van der Waals surface area (Å²) >= 11 is 1.98. The van der Waals surface area contributed by atoms with Crippen molar-refractivity contribution < 1.29 is 24.2 Å². The molecule has 3 atom stereocenters. The zero-order chi connectivity index (χ0) is 17.0. The van der Waals surface area contributed by atoms with E-state index in [9.17, 15) is 19.5 Å². The number of methoxy groups -OCH3 is 1. The number of para-hydroxylation sites is 1. The summed E-state index contributed by atoms with van der Waals surface area (Å²) in [5, 5.41) is 9.01. The van der Waals surface area contributed by atoms with Gasteiger partial charge in [0, 0.05) is 16.4 Å². The average molecular weight is 365 g/mol. The van der Waals surface area contributed by atoms with Crippen molar-refractivity contribution in [2.45, 2.75) is 16.2 Å². The van der Waals surface area contributed by atoms with Gasteiger partial charge in [0.15, 0.2) is 11.5 Å². The maximum atomic E-state index is 12.6. The monoisotopic (exact) mass is 365 g/mol. The second-order valence-corrected chi connectivity index (χ2v) is 7.55. The number of hydrogen-bond donors (Lipinski definition) is 2. The lowest BCUT2D eigenvalue weighted by atomic mass is 9.80. The first-order chi connectivity index (χ1) is 11.5. The molecule has 1 aromatic heterocycles. The van der Waals surface area contributed by atoms with Crippen molar-refractivity contribution in [3.63, 3.8) is 0 Å². The molecule has 124 valence electrons. The van der Waals surface area contributed by atoms with Crippen LogP contribution in [0.15, 0.2) is 28.0 Å². The Bertz CT molecular complexity index is 917. The number of carboxylic acids is 1. The first-order valence-electron chi connectivity index (χ1n) is 7.02. The third-order valence-electron chi connectivity index (χ3n) is 4.14. The fourth-order valence-electron chi connectivity index (χ4n) is 3.17. The van der Waals surface area contributed by atoms with Gasteiger partial charge >= 0.3 is 16.8 Å². The zero-order valence-corrected chi connectivity index (χ0v) is 13.9. The third-order valence-corrected chi connectivity index (χ3v) is 6.54. The molecule has 0 unspecified atom stereocenters. The highest BCUT2D eigenvalue weighted by molar-refractivity contribution is 8.00. The molecule has 3 heterocycles. The number of carbonyl (C=O) groups excluding carboxylic acids is 1. The number of thioether (sulfide) groups is 1. The van der Waals surface area contributed by atoms with Gasteiger partial charge in [-0.3, -0.25) is 14.4 Å². The van der Waals surface area contributed by atoms with Crippen molar-refractivity contribution in [1.82, 2.24) is 4.98 Å². The van der Waals surface area contributed by atoms with E-state index in [4.69, 9.17) is 9.47 Å². The molecule has 0 saturated heterocycles. The molecular weight excluding hydrogens is 354 g/mol. The van der Waals surface area contributed by atoms with Crippen molar-refractivity contribution in [1.29, 1.82) is 0 Å². The highest BCUT2D eigenvalue weighted by Gasteiger charge is 2.52. The topological polar surface area (TPSA) is 106 Å².